The number of benzene rings is 2. The molecule has 2 rings (SSSR count). The Morgan fingerprint density at radius 1 is 1.12 bits per heavy atom. The van der Waals surface area contributed by atoms with E-state index < -0.39 is 32.5 Å². The Kier molecular flexibility index (Phi) is 6.91. The molecule has 25 heavy (non-hydrogen) atoms. The van der Waals surface area contributed by atoms with Gasteiger partial charge >= 0.3 is 6.18 Å². The van der Waals surface area contributed by atoms with E-state index in [-0.39, 0.29) is 4.90 Å². The van der Waals surface area contributed by atoms with Crippen molar-refractivity contribution in [3.05, 3.63) is 69.2 Å². The number of rotatable bonds is 3. The van der Waals surface area contributed by atoms with Crippen molar-refractivity contribution in [1.82, 2.24) is 0 Å². The maximum Gasteiger partial charge on any atom is 0.416 e. The summed E-state index contributed by atoms with van der Waals surface area (Å²) in [5.74, 6) is 0. The fourth-order valence-corrected chi connectivity index (χ4v) is 2.28. The van der Waals surface area contributed by atoms with Gasteiger partial charge in [0.1, 0.15) is 0 Å². The van der Waals surface area contributed by atoms with E-state index in [1.54, 1.807) is 0 Å². The third-order valence-electron chi connectivity index (χ3n) is 2.71. The Hall–Kier alpha value is -2.17. The lowest BCUT2D eigenvalue weighted by atomic mass is 10.2. The van der Waals surface area contributed by atoms with Gasteiger partial charge in [0.15, 0.2) is 0 Å². The Morgan fingerprint density at radius 2 is 1.68 bits per heavy atom. The molecular weight excluding hydrogens is 387 g/mol. The maximum absolute atomic E-state index is 12.0. The van der Waals surface area contributed by atoms with Crippen LogP contribution in [0.25, 0.3) is 0 Å². The summed E-state index contributed by atoms with van der Waals surface area (Å²) in [7, 11) is -2.46. The smallest absolute Gasteiger partial charge is 0.270 e. The number of hydrogen-bond donors (Lipinski definition) is 0. The van der Waals surface area contributed by atoms with Gasteiger partial charge < -0.3 is 0 Å². The topological polar surface area (TPSA) is 86.5 Å². The lowest BCUT2D eigenvalue weighted by molar-refractivity contribution is -0.385. The van der Waals surface area contributed by atoms with Crippen molar-refractivity contribution < 1.29 is 30.7 Å². The Morgan fingerprint density at radius 3 is 2.12 bits per heavy atom. The van der Waals surface area contributed by atoms with Crippen LogP contribution in [-0.2, 0) is 20.5 Å². The van der Waals surface area contributed by atoms with Crippen molar-refractivity contribution in [2.75, 3.05) is 7.11 Å². The van der Waals surface area contributed by atoms with Crippen molar-refractivity contribution in [2.24, 2.45) is 0 Å². The minimum absolute atomic E-state index is 0.106. The van der Waals surface area contributed by atoms with E-state index >= 15 is 0 Å². The third kappa shape index (κ3) is 6.33. The van der Waals surface area contributed by atoms with Gasteiger partial charge in [0.25, 0.3) is 15.8 Å². The summed E-state index contributed by atoms with van der Waals surface area (Å²) in [6, 6.07) is 9.06. The van der Waals surface area contributed by atoms with Crippen LogP contribution < -0.4 is 0 Å². The van der Waals surface area contributed by atoms with Crippen LogP contribution in [0.15, 0.2) is 53.4 Å². The lowest BCUT2D eigenvalue weighted by Gasteiger charge is -2.04. The van der Waals surface area contributed by atoms with Crippen molar-refractivity contribution in [3.63, 3.8) is 0 Å². The maximum atomic E-state index is 12.0. The molecule has 0 radical (unpaired) electrons. The zero-order valence-electron chi connectivity index (χ0n) is 12.5. The van der Waals surface area contributed by atoms with Gasteiger partial charge in [-0.25, -0.2) is 0 Å². The number of hydrogen-bond acceptors (Lipinski definition) is 5. The molecule has 0 aliphatic carbocycles. The van der Waals surface area contributed by atoms with E-state index in [9.17, 15) is 31.7 Å². The summed E-state index contributed by atoms with van der Waals surface area (Å²) >= 11 is 5.57. The van der Waals surface area contributed by atoms with Gasteiger partial charge in [0, 0.05) is 17.2 Å². The van der Waals surface area contributed by atoms with Gasteiger partial charge in [-0.15, -0.1) is 0 Å². The van der Waals surface area contributed by atoms with E-state index in [4.69, 9.17) is 11.6 Å². The molecule has 0 bridgehead atoms. The summed E-state index contributed by atoms with van der Waals surface area (Å²) in [4.78, 5) is 9.36. The second-order valence-electron chi connectivity index (χ2n) is 4.38. The molecule has 0 aliphatic heterocycles. The summed E-state index contributed by atoms with van der Waals surface area (Å²) < 4.78 is 62.4. The van der Waals surface area contributed by atoms with Crippen LogP contribution in [0.4, 0.5) is 18.9 Å². The molecule has 0 unspecified atom stereocenters. The van der Waals surface area contributed by atoms with Crippen LogP contribution in [0, 0.1) is 10.1 Å². The molecule has 0 saturated carbocycles. The molecule has 11 heteroatoms. The number of non-ortho nitro benzene ring substituents is 1. The number of alkyl halides is 3. The minimum Gasteiger partial charge on any atom is -0.270 e. The molecule has 136 valence electrons. The molecule has 0 saturated heterocycles. The first-order valence-corrected chi connectivity index (χ1v) is 8.14. The summed E-state index contributed by atoms with van der Waals surface area (Å²) in [6.45, 7) is 0. The van der Waals surface area contributed by atoms with Crippen LogP contribution in [0.5, 0.6) is 0 Å². The molecule has 6 nitrogen and oxygen atoms in total. The second kappa shape index (κ2) is 8.28. The first-order chi connectivity index (χ1) is 11.5. The summed E-state index contributed by atoms with van der Waals surface area (Å²) in [6.07, 6.45) is -4.54. The van der Waals surface area contributed by atoms with E-state index in [1.807, 2.05) is 0 Å². The highest BCUT2D eigenvalue weighted by Crippen LogP contribution is 2.31. The van der Waals surface area contributed by atoms with Gasteiger partial charge in [0.05, 0.1) is 22.5 Å². The molecule has 0 N–H and O–H groups in total. The van der Waals surface area contributed by atoms with Gasteiger partial charge in [-0.05, 0) is 30.3 Å². The fourth-order valence-electron chi connectivity index (χ4n) is 1.49. The Bertz CT molecular complexity index is 838. The van der Waals surface area contributed by atoms with Gasteiger partial charge in [-0.1, -0.05) is 17.7 Å². The van der Waals surface area contributed by atoms with Crippen LogP contribution in [0.2, 0.25) is 5.02 Å². The van der Waals surface area contributed by atoms with Crippen LogP contribution in [0.3, 0.4) is 0 Å². The second-order valence-corrected chi connectivity index (χ2v) is 6.53. The molecule has 0 amide bonds. The first kappa shape index (κ1) is 20.9. The third-order valence-corrected chi connectivity index (χ3v) is 4.25. The standard InChI is InChI=1S/C7H7ClO3S.C7H4F3NO2/c1-11-12(9,10)7-4-2-6(8)3-5-7;8-7(9,10)5-2-1-3-6(4-5)11(12)13/h2-5H,1H3;1-4H. The van der Waals surface area contributed by atoms with Crippen molar-refractivity contribution in [3.8, 4) is 0 Å². The van der Waals surface area contributed by atoms with Gasteiger partial charge in [-0.2, -0.15) is 21.6 Å². The zero-order valence-corrected chi connectivity index (χ0v) is 14.1. The van der Waals surface area contributed by atoms with Crippen LogP contribution in [-0.4, -0.2) is 20.5 Å². The number of nitro groups is 1. The molecule has 0 aromatic heterocycles. The van der Waals surface area contributed by atoms with E-state index in [2.05, 4.69) is 4.18 Å². The zero-order chi connectivity index (χ0) is 19.3. The summed E-state index contributed by atoms with van der Waals surface area (Å²) in [5.41, 5.74) is -1.57. The van der Waals surface area contributed by atoms with E-state index in [0.717, 1.165) is 25.3 Å². The van der Waals surface area contributed by atoms with Crippen molar-refractivity contribution >= 4 is 27.4 Å². The molecule has 0 spiro atoms. The highest BCUT2D eigenvalue weighted by molar-refractivity contribution is 7.86. The van der Waals surface area contributed by atoms with Gasteiger partial charge in [-0.3, -0.25) is 14.3 Å². The first-order valence-electron chi connectivity index (χ1n) is 6.35. The van der Waals surface area contributed by atoms with Crippen molar-refractivity contribution in [2.45, 2.75) is 11.1 Å². The number of nitro benzene ring substituents is 1. The normalized spacial score (nSPS) is 11.4. The quantitative estimate of drug-likeness (QED) is 0.438. The lowest BCUT2D eigenvalue weighted by Crippen LogP contribution is -2.04. The molecule has 0 fully saturated rings. The molecular formula is C14H11ClF3NO5S. The largest absolute Gasteiger partial charge is 0.416 e. The monoisotopic (exact) mass is 397 g/mol. The predicted molar refractivity (Wildman–Crippen MR) is 83.7 cm³/mol. The van der Waals surface area contributed by atoms with Crippen LogP contribution in [0.1, 0.15) is 5.56 Å². The molecule has 0 atom stereocenters. The average Bonchev–Trinajstić information content (AvgIpc) is 2.55. The van der Waals surface area contributed by atoms with E-state index in [0.29, 0.717) is 11.1 Å². The van der Waals surface area contributed by atoms with Gasteiger partial charge in [0.2, 0.25) is 0 Å². The highest BCUT2D eigenvalue weighted by atomic mass is 35.5. The molecule has 2 aromatic rings. The average molecular weight is 398 g/mol. The predicted octanol–water partition coefficient (Wildman–Crippen LogP) is 4.29. The number of nitrogens with zero attached hydrogens (tertiary/aromatic N) is 1. The van der Waals surface area contributed by atoms with Crippen LogP contribution >= 0.6 is 11.6 Å². The van der Waals surface area contributed by atoms with Crippen molar-refractivity contribution in [1.29, 1.82) is 0 Å². The summed E-state index contributed by atoms with van der Waals surface area (Å²) in [5, 5.41) is 10.6. The molecule has 0 heterocycles. The Labute approximate surface area is 146 Å². The highest BCUT2D eigenvalue weighted by Gasteiger charge is 2.31. The molecule has 0 aliphatic rings. The fraction of sp³-hybridized carbons (Fsp3) is 0.143. The minimum atomic E-state index is -4.54. The SMILES string of the molecule is COS(=O)(=O)c1ccc(Cl)cc1.O=[N+]([O-])c1cccc(C(F)(F)F)c1. The van der Waals surface area contributed by atoms with E-state index in [1.165, 1.54) is 24.3 Å². The number of halogens is 4. The molecule has 2 aromatic carbocycles. The Balaban J connectivity index is 0.000000251.